The summed E-state index contributed by atoms with van der Waals surface area (Å²) in [5, 5.41) is 22.8. The van der Waals surface area contributed by atoms with E-state index in [1.54, 1.807) is 0 Å². The molecule has 2 aliphatic heterocycles. The van der Waals surface area contributed by atoms with Crippen LogP contribution in [-0.2, 0) is 50.4 Å². The van der Waals surface area contributed by atoms with E-state index < -0.39 is 46.3 Å². The molecule has 10 nitrogen and oxygen atoms in total. The molecule has 0 saturated carbocycles. The third-order valence-corrected chi connectivity index (χ3v) is 7.33. The van der Waals surface area contributed by atoms with E-state index in [-0.39, 0.29) is 41.2 Å². The van der Waals surface area contributed by atoms with Crippen LogP contribution in [0.4, 0.5) is 4.39 Å². The summed E-state index contributed by atoms with van der Waals surface area (Å²) in [5.74, 6) is -2.24. The molecule has 35 heavy (non-hydrogen) atoms. The third-order valence-electron chi connectivity index (χ3n) is 6.40. The Kier molecular flexibility index (Phi) is 5.34. The van der Waals surface area contributed by atoms with Gasteiger partial charge in [0.25, 0.3) is 5.56 Å². The van der Waals surface area contributed by atoms with Crippen LogP contribution in [-0.4, -0.2) is 48.7 Å². The summed E-state index contributed by atoms with van der Waals surface area (Å²) in [6.45, 7) is 0.211. The molecule has 182 valence electrons. The summed E-state index contributed by atoms with van der Waals surface area (Å²) in [7, 11) is -1.63. The van der Waals surface area contributed by atoms with E-state index >= 15 is 0 Å². The molecule has 0 saturated heterocycles. The molecular formula is C23H20FN3O7S. The number of nitrogens with zero attached hydrogens (tertiary/aromatic N) is 2. The molecule has 3 N–H and O–H groups in total. The van der Waals surface area contributed by atoms with E-state index in [0.29, 0.717) is 27.9 Å². The Labute approximate surface area is 199 Å². The number of cyclic esters (lactones) is 1. The molecule has 0 radical (unpaired) electrons. The van der Waals surface area contributed by atoms with Gasteiger partial charge < -0.3 is 24.8 Å². The van der Waals surface area contributed by atoms with E-state index in [1.807, 2.05) is 0 Å². The van der Waals surface area contributed by atoms with Crippen LogP contribution in [0.15, 0.2) is 27.9 Å². The first-order chi connectivity index (χ1) is 16.5. The second-order valence-electron chi connectivity index (χ2n) is 8.57. The minimum atomic E-state index is -2.04. The van der Waals surface area contributed by atoms with Gasteiger partial charge in [-0.3, -0.25) is 13.8 Å². The zero-order valence-corrected chi connectivity index (χ0v) is 19.5. The van der Waals surface area contributed by atoms with E-state index in [0.717, 1.165) is 6.07 Å². The van der Waals surface area contributed by atoms with E-state index in [9.17, 15) is 28.1 Å². The summed E-state index contributed by atoms with van der Waals surface area (Å²) in [6, 6.07) is 4.04. The fraction of sp³-hybridized carbons (Fsp3) is 0.304. The summed E-state index contributed by atoms with van der Waals surface area (Å²) in [6.07, 6.45) is 1.34. The van der Waals surface area contributed by atoms with Gasteiger partial charge in [-0.05, 0) is 24.6 Å². The monoisotopic (exact) mass is 501 g/mol. The van der Waals surface area contributed by atoms with Crippen LogP contribution < -0.4 is 10.9 Å². The normalized spacial score (nSPS) is 19.1. The number of halogens is 1. The number of aliphatic hydroxyl groups is 2. The molecule has 4 heterocycles. The molecule has 0 aliphatic carbocycles. The number of hydrogen-bond acceptors (Lipinski definition) is 8. The molecule has 1 amide bonds. The van der Waals surface area contributed by atoms with Crippen LogP contribution in [0.5, 0.6) is 0 Å². The number of pyridine rings is 2. The first-order valence-electron chi connectivity index (χ1n) is 10.6. The zero-order chi connectivity index (χ0) is 25.2. The average molecular weight is 501 g/mol. The van der Waals surface area contributed by atoms with Crippen LogP contribution in [0, 0.1) is 5.82 Å². The lowest BCUT2D eigenvalue weighted by molar-refractivity contribution is -0.169. The highest BCUT2D eigenvalue weighted by molar-refractivity contribution is 7.84. The van der Waals surface area contributed by atoms with Crippen LogP contribution in [0.3, 0.4) is 0 Å². The van der Waals surface area contributed by atoms with Crippen molar-refractivity contribution in [3.63, 3.8) is 0 Å². The molecule has 2 atom stereocenters. The number of benzene rings is 1. The molecule has 0 spiro atoms. The van der Waals surface area contributed by atoms with Crippen molar-refractivity contribution in [2.24, 2.45) is 0 Å². The smallest absolute Gasteiger partial charge is 0.342 e. The maximum Gasteiger partial charge on any atom is 0.342 e. The summed E-state index contributed by atoms with van der Waals surface area (Å²) in [4.78, 5) is 41.8. The molecular weight excluding hydrogens is 481 g/mol. The van der Waals surface area contributed by atoms with Crippen molar-refractivity contribution in [1.82, 2.24) is 14.9 Å². The SMILES string of the molecule is CS(=O)c1cc2c(CNC(=O)CO)c3c(nc2cc1F)-c1cc2c(c(=O)n1C3)COC(=O)[C@@]2(C)O. The predicted molar refractivity (Wildman–Crippen MR) is 121 cm³/mol. The lowest BCUT2D eigenvalue weighted by Gasteiger charge is -2.29. The fourth-order valence-corrected chi connectivity index (χ4v) is 5.20. The van der Waals surface area contributed by atoms with Crippen LogP contribution >= 0.6 is 0 Å². The molecule has 1 aromatic carbocycles. The Morgan fingerprint density at radius 3 is 2.74 bits per heavy atom. The number of esters is 1. The zero-order valence-electron chi connectivity index (χ0n) is 18.7. The van der Waals surface area contributed by atoms with Crippen molar-refractivity contribution in [1.29, 1.82) is 0 Å². The highest BCUT2D eigenvalue weighted by atomic mass is 32.2. The van der Waals surface area contributed by atoms with Crippen molar-refractivity contribution in [3.8, 4) is 11.4 Å². The number of aromatic nitrogens is 2. The van der Waals surface area contributed by atoms with Crippen molar-refractivity contribution in [2.75, 3.05) is 12.9 Å². The van der Waals surface area contributed by atoms with Crippen LogP contribution in [0.2, 0.25) is 0 Å². The van der Waals surface area contributed by atoms with Gasteiger partial charge in [0.1, 0.15) is 19.0 Å². The van der Waals surface area contributed by atoms with Crippen molar-refractivity contribution >= 4 is 33.6 Å². The number of nitrogens with one attached hydrogen (secondary N) is 1. The Morgan fingerprint density at radius 1 is 1.31 bits per heavy atom. The van der Waals surface area contributed by atoms with Gasteiger partial charge in [-0.15, -0.1) is 0 Å². The van der Waals surface area contributed by atoms with Gasteiger partial charge in [0.15, 0.2) is 5.60 Å². The maximum absolute atomic E-state index is 14.7. The minimum Gasteiger partial charge on any atom is -0.458 e. The van der Waals surface area contributed by atoms with Crippen LogP contribution in [0.25, 0.3) is 22.3 Å². The highest BCUT2D eigenvalue weighted by Gasteiger charge is 2.43. The minimum absolute atomic E-state index is 0.0381. The highest BCUT2D eigenvalue weighted by Crippen LogP contribution is 2.39. The number of amides is 1. The van der Waals surface area contributed by atoms with E-state index in [2.05, 4.69) is 10.3 Å². The first-order valence-corrected chi connectivity index (χ1v) is 12.1. The second kappa shape index (κ2) is 8.04. The topological polar surface area (TPSA) is 148 Å². The average Bonchev–Trinajstić information content (AvgIpc) is 3.17. The number of ether oxygens (including phenoxy) is 1. The van der Waals surface area contributed by atoms with Gasteiger partial charge in [0, 0.05) is 35.4 Å². The third kappa shape index (κ3) is 3.48. The molecule has 2 aromatic heterocycles. The largest absolute Gasteiger partial charge is 0.458 e. The van der Waals surface area contributed by atoms with Crippen molar-refractivity contribution in [2.45, 2.75) is 37.1 Å². The summed E-state index contributed by atoms with van der Waals surface area (Å²) < 4.78 is 33.1. The number of carbonyl (C=O) groups excluding carboxylic acids is 2. The Balaban J connectivity index is 1.79. The van der Waals surface area contributed by atoms with Crippen LogP contribution in [0.1, 0.15) is 29.2 Å². The molecule has 2 aliphatic rings. The quantitative estimate of drug-likeness (QED) is 0.336. The van der Waals surface area contributed by atoms with Gasteiger partial charge >= 0.3 is 5.97 Å². The fourth-order valence-electron chi connectivity index (χ4n) is 4.58. The Hall–Kier alpha value is -3.48. The van der Waals surface area contributed by atoms with E-state index in [1.165, 1.54) is 29.9 Å². The number of fused-ring (bicyclic) bond motifs is 5. The van der Waals surface area contributed by atoms with Gasteiger partial charge in [-0.25, -0.2) is 14.2 Å². The number of rotatable bonds is 4. The summed E-state index contributed by atoms with van der Waals surface area (Å²) >= 11 is 0. The molecule has 3 aromatic rings. The van der Waals surface area contributed by atoms with Gasteiger partial charge in [0.2, 0.25) is 5.91 Å². The first kappa shape index (κ1) is 23.3. The van der Waals surface area contributed by atoms with Gasteiger partial charge in [-0.1, -0.05) is 0 Å². The molecule has 1 unspecified atom stereocenters. The number of aliphatic hydroxyl groups excluding tert-OH is 1. The lowest BCUT2D eigenvalue weighted by atomic mass is 9.89. The van der Waals surface area contributed by atoms with Crippen molar-refractivity contribution in [3.05, 3.63) is 56.6 Å². The number of hydrogen-bond donors (Lipinski definition) is 3. The Bertz CT molecular complexity index is 1550. The molecule has 12 heteroatoms. The predicted octanol–water partition coefficient (Wildman–Crippen LogP) is 0.174. The van der Waals surface area contributed by atoms with Gasteiger partial charge in [-0.2, -0.15) is 0 Å². The Morgan fingerprint density at radius 2 is 2.06 bits per heavy atom. The van der Waals surface area contributed by atoms with Crippen molar-refractivity contribution < 1.29 is 33.1 Å². The molecule has 5 rings (SSSR count). The summed E-state index contributed by atoms with van der Waals surface area (Å²) in [5.41, 5.74) is -0.346. The lowest BCUT2D eigenvalue weighted by Crippen LogP contribution is -2.42. The van der Waals surface area contributed by atoms with Gasteiger partial charge in [0.05, 0.1) is 44.7 Å². The second-order valence-corrected chi connectivity index (χ2v) is 9.92. The molecule has 0 bridgehead atoms. The number of carbonyl (C=O) groups is 2. The maximum atomic E-state index is 14.7. The van der Waals surface area contributed by atoms with E-state index in [4.69, 9.17) is 9.84 Å². The standard InChI is InChI=1S/C23H20FN3O7S/c1-23(32)14-4-17-20-12(7-27(17)21(30)13(14)9-34-22(23)31)11(6-25-19(29)8-28)10-3-18(35(2)33)15(24)5-16(10)26-20/h3-5,28,32H,6-9H2,1-2H3,(H,25,29)/t23-,35?/m0/s1. The molecule has 0 fully saturated rings.